The molecule has 0 saturated carbocycles. The van der Waals surface area contributed by atoms with Crippen molar-refractivity contribution in [2.45, 2.75) is 6.18 Å². The van der Waals surface area contributed by atoms with Gasteiger partial charge in [0.25, 0.3) is 5.56 Å². The summed E-state index contributed by atoms with van der Waals surface area (Å²) in [5, 5.41) is 5.65. The molecule has 3 nitrogen and oxygen atoms in total. The van der Waals surface area contributed by atoms with E-state index in [-0.39, 0.29) is 11.1 Å². The molecule has 1 heterocycles. The monoisotopic (exact) mass is 240 g/mol. The standard InChI is InChI=1S/C11H7F3N2O/c12-11(13,14)8-3-1-2-7(6-8)9-4-5-15-16-10(9)17/h1-6H,(H,16,17). The van der Waals surface area contributed by atoms with Crippen LogP contribution in [0.3, 0.4) is 0 Å². The number of nitrogens with one attached hydrogen (secondary N) is 1. The predicted octanol–water partition coefficient (Wildman–Crippen LogP) is 2.46. The number of nitrogens with zero attached hydrogens (tertiary/aromatic N) is 1. The average Bonchev–Trinajstić information content (AvgIpc) is 2.29. The van der Waals surface area contributed by atoms with Gasteiger partial charge in [0.15, 0.2) is 0 Å². The molecular weight excluding hydrogens is 233 g/mol. The molecule has 0 bridgehead atoms. The SMILES string of the molecule is O=c1[nH]nccc1-c1cccc(C(F)(F)F)c1. The number of alkyl halides is 3. The maximum Gasteiger partial charge on any atom is 0.416 e. The van der Waals surface area contributed by atoms with Crippen molar-refractivity contribution < 1.29 is 13.2 Å². The van der Waals surface area contributed by atoms with Crippen LogP contribution in [0.1, 0.15) is 5.56 Å². The van der Waals surface area contributed by atoms with Gasteiger partial charge in [-0.05, 0) is 23.8 Å². The van der Waals surface area contributed by atoms with Gasteiger partial charge in [-0.25, -0.2) is 5.10 Å². The van der Waals surface area contributed by atoms with E-state index >= 15 is 0 Å². The van der Waals surface area contributed by atoms with E-state index in [0.29, 0.717) is 0 Å². The Hall–Kier alpha value is -2.11. The van der Waals surface area contributed by atoms with Gasteiger partial charge in [-0.2, -0.15) is 18.3 Å². The molecule has 0 aliphatic heterocycles. The first-order chi connectivity index (χ1) is 7.98. The van der Waals surface area contributed by atoms with E-state index in [1.54, 1.807) is 0 Å². The topological polar surface area (TPSA) is 45.8 Å². The molecule has 0 saturated heterocycles. The van der Waals surface area contributed by atoms with Crippen molar-refractivity contribution in [1.82, 2.24) is 10.2 Å². The lowest BCUT2D eigenvalue weighted by molar-refractivity contribution is -0.137. The maximum atomic E-state index is 12.5. The third-order valence-corrected chi connectivity index (χ3v) is 2.23. The number of H-pyrrole nitrogens is 1. The molecule has 6 heteroatoms. The maximum absolute atomic E-state index is 12.5. The van der Waals surface area contributed by atoms with E-state index in [1.165, 1.54) is 24.4 Å². The van der Waals surface area contributed by atoms with Crippen molar-refractivity contribution in [1.29, 1.82) is 0 Å². The number of hydrogen-bond acceptors (Lipinski definition) is 2. The van der Waals surface area contributed by atoms with Crippen LogP contribution in [0.2, 0.25) is 0 Å². The van der Waals surface area contributed by atoms with Crippen LogP contribution in [0.5, 0.6) is 0 Å². The molecule has 0 unspecified atom stereocenters. The molecule has 0 amide bonds. The molecule has 17 heavy (non-hydrogen) atoms. The summed E-state index contributed by atoms with van der Waals surface area (Å²) in [6.07, 6.45) is -3.10. The van der Waals surface area contributed by atoms with Gasteiger partial charge in [0.05, 0.1) is 5.56 Å². The summed E-state index contributed by atoms with van der Waals surface area (Å²) in [4.78, 5) is 11.4. The first-order valence-electron chi connectivity index (χ1n) is 4.70. The lowest BCUT2D eigenvalue weighted by Crippen LogP contribution is -2.10. The molecule has 0 fully saturated rings. The zero-order valence-electron chi connectivity index (χ0n) is 8.45. The van der Waals surface area contributed by atoms with Crippen LogP contribution in [0.25, 0.3) is 11.1 Å². The molecule has 88 valence electrons. The highest BCUT2D eigenvalue weighted by atomic mass is 19.4. The van der Waals surface area contributed by atoms with Crippen molar-refractivity contribution in [3.63, 3.8) is 0 Å². The van der Waals surface area contributed by atoms with E-state index in [4.69, 9.17) is 0 Å². The summed E-state index contributed by atoms with van der Waals surface area (Å²) < 4.78 is 37.5. The summed E-state index contributed by atoms with van der Waals surface area (Å²) in [6.45, 7) is 0. The number of aromatic nitrogens is 2. The van der Waals surface area contributed by atoms with Gasteiger partial charge in [-0.1, -0.05) is 12.1 Å². The second kappa shape index (κ2) is 4.04. The Labute approximate surface area is 93.9 Å². The lowest BCUT2D eigenvalue weighted by atomic mass is 10.0. The fourth-order valence-corrected chi connectivity index (χ4v) is 1.43. The summed E-state index contributed by atoms with van der Waals surface area (Å²) in [7, 11) is 0. The van der Waals surface area contributed by atoms with E-state index in [0.717, 1.165) is 12.1 Å². The number of aromatic amines is 1. The first-order valence-corrected chi connectivity index (χ1v) is 4.70. The van der Waals surface area contributed by atoms with E-state index in [9.17, 15) is 18.0 Å². The summed E-state index contributed by atoms with van der Waals surface area (Å²) in [6, 6.07) is 5.97. The largest absolute Gasteiger partial charge is 0.416 e. The van der Waals surface area contributed by atoms with Crippen LogP contribution in [0.15, 0.2) is 41.3 Å². The van der Waals surface area contributed by atoms with Gasteiger partial charge in [-0.3, -0.25) is 4.79 Å². The average molecular weight is 240 g/mol. The van der Waals surface area contributed by atoms with E-state index in [1.807, 2.05) is 0 Å². The van der Waals surface area contributed by atoms with Crippen LogP contribution in [0, 0.1) is 0 Å². The Morgan fingerprint density at radius 2 is 1.94 bits per heavy atom. The zero-order chi connectivity index (χ0) is 12.5. The molecule has 2 aromatic rings. The molecule has 0 spiro atoms. The molecule has 2 rings (SSSR count). The Balaban J connectivity index is 2.55. The minimum atomic E-state index is -4.42. The van der Waals surface area contributed by atoms with E-state index in [2.05, 4.69) is 10.2 Å². The minimum Gasteiger partial charge on any atom is -0.267 e. The van der Waals surface area contributed by atoms with Gasteiger partial charge >= 0.3 is 6.18 Å². The fraction of sp³-hybridized carbons (Fsp3) is 0.0909. The van der Waals surface area contributed by atoms with Gasteiger partial charge in [0.1, 0.15) is 0 Å². The lowest BCUT2D eigenvalue weighted by Gasteiger charge is -2.08. The van der Waals surface area contributed by atoms with Crippen molar-refractivity contribution in [2.24, 2.45) is 0 Å². The normalized spacial score (nSPS) is 11.5. The summed E-state index contributed by atoms with van der Waals surface area (Å²) >= 11 is 0. The van der Waals surface area contributed by atoms with E-state index < -0.39 is 17.3 Å². The highest BCUT2D eigenvalue weighted by molar-refractivity contribution is 5.62. The van der Waals surface area contributed by atoms with Gasteiger partial charge in [-0.15, -0.1) is 0 Å². The van der Waals surface area contributed by atoms with Crippen molar-refractivity contribution in [3.8, 4) is 11.1 Å². The zero-order valence-corrected chi connectivity index (χ0v) is 8.45. The Bertz CT molecular complexity index is 590. The minimum absolute atomic E-state index is 0.158. The van der Waals surface area contributed by atoms with Crippen LogP contribution in [-0.4, -0.2) is 10.2 Å². The summed E-state index contributed by atoms with van der Waals surface area (Å²) in [5.74, 6) is 0. The molecular formula is C11H7F3N2O. The third-order valence-electron chi connectivity index (χ3n) is 2.23. The highest BCUT2D eigenvalue weighted by Gasteiger charge is 2.30. The van der Waals surface area contributed by atoms with Crippen LogP contribution in [0.4, 0.5) is 13.2 Å². The molecule has 0 aliphatic rings. The van der Waals surface area contributed by atoms with Crippen molar-refractivity contribution in [2.75, 3.05) is 0 Å². The Kier molecular flexibility index (Phi) is 2.71. The second-order valence-corrected chi connectivity index (χ2v) is 3.38. The molecule has 0 atom stereocenters. The molecule has 1 aromatic heterocycles. The second-order valence-electron chi connectivity index (χ2n) is 3.38. The van der Waals surface area contributed by atoms with Gasteiger partial charge in [0, 0.05) is 11.8 Å². The molecule has 1 N–H and O–H groups in total. The number of benzene rings is 1. The third kappa shape index (κ3) is 2.35. The molecule has 1 aromatic carbocycles. The number of halogens is 3. The first kappa shape index (κ1) is 11.4. The quantitative estimate of drug-likeness (QED) is 0.832. The highest BCUT2D eigenvalue weighted by Crippen LogP contribution is 2.31. The molecule has 0 aliphatic carbocycles. The van der Waals surface area contributed by atoms with Crippen molar-refractivity contribution in [3.05, 3.63) is 52.4 Å². The van der Waals surface area contributed by atoms with Crippen LogP contribution < -0.4 is 5.56 Å². The van der Waals surface area contributed by atoms with Crippen molar-refractivity contribution >= 4 is 0 Å². The number of rotatable bonds is 1. The van der Waals surface area contributed by atoms with Gasteiger partial charge < -0.3 is 0 Å². The Morgan fingerprint density at radius 3 is 2.59 bits per heavy atom. The predicted molar refractivity (Wildman–Crippen MR) is 55.3 cm³/mol. The van der Waals surface area contributed by atoms with Gasteiger partial charge in [0.2, 0.25) is 0 Å². The molecule has 0 radical (unpaired) electrons. The smallest absolute Gasteiger partial charge is 0.267 e. The number of hydrogen-bond donors (Lipinski definition) is 1. The summed E-state index contributed by atoms with van der Waals surface area (Å²) in [5.41, 5.74) is -0.937. The van der Waals surface area contributed by atoms with Crippen LogP contribution >= 0.6 is 0 Å². The van der Waals surface area contributed by atoms with Crippen LogP contribution in [-0.2, 0) is 6.18 Å². The fourth-order valence-electron chi connectivity index (χ4n) is 1.43. The Morgan fingerprint density at radius 1 is 1.18 bits per heavy atom.